The summed E-state index contributed by atoms with van der Waals surface area (Å²) in [6.07, 6.45) is 22.5. The van der Waals surface area contributed by atoms with E-state index in [2.05, 4.69) is 86.6 Å². The van der Waals surface area contributed by atoms with Crippen LogP contribution in [0.15, 0.2) is 97.1 Å². The van der Waals surface area contributed by atoms with E-state index in [1.54, 1.807) is 75.3 Å². The van der Waals surface area contributed by atoms with Crippen LogP contribution in [0, 0.1) is 59.2 Å². The van der Waals surface area contributed by atoms with E-state index in [-0.39, 0.29) is 30.1 Å². The molecule has 14 rings (SSSR count). The molecule has 2 N–H and O–H groups in total. The third kappa shape index (κ3) is 7.91. The van der Waals surface area contributed by atoms with Crippen LogP contribution in [-0.2, 0) is 28.4 Å². The molecule has 3 atom stereocenters. The fourth-order valence-corrected chi connectivity index (χ4v) is 21.5. The molecule has 5 heteroatoms. The van der Waals surface area contributed by atoms with Gasteiger partial charge in [0.25, 0.3) is 0 Å². The van der Waals surface area contributed by atoms with Crippen LogP contribution in [0.25, 0.3) is 22.3 Å². The second-order valence-electron chi connectivity index (χ2n) is 21.1. The molecule has 2 saturated heterocycles. The molecular formula is C54H70FeN2P2-6. The van der Waals surface area contributed by atoms with Crippen molar-refractivity contribution in [2.75, 3.05) is 26.2 Å². The number of piperidine rings is 2. The molecule has 0 spiro atoms. The van der Waals surface area contributed by atoms with Crippen molar-refractivity contribution < 1.29 is 17.1 Å². The van der Waals surface area contributed by atoms with Gasteiger partial charge in [0.2, 0.25) is 0 Å². The number of hydrogen-bond donors (Lipinski definition) is 2. The Morgan fingerprint density at radius 1 is 0.593 bits per heavy atom. The van der Waals surface area contributed by atoms with Crippen molar-refractivity contribution in [3.8, 4) is 22.3 Å². The van der Waals surface area contributed by atoms with Crippen LogP contribution in [0.1, 0.15) is 101 Å². The number of rotatable bonds is 9. The first-order chi connectivity index (χ1) is 28.6. The smallest absolute Gasteiger partial charge is 0 e. The molecule has 0 radical (unpaired) electrons. The van der Waals surface area contributed by atoms with Crippen LogP contribution in [0.2, 0.25) is 0 Å². The summed E-state index contributed by atoms with van der Waals surface area (Å²) < 4.78 is 0. The number of benzene rings is 2. The monoisotopic (exact) mass is 864 g/mol. The van der Waals surface area contributed by atoms with Gasteiger partial charge < -0.3 is 41.0 Å². The Bertz CT molecular complexity index is 1810. The molecule has 2 aliphatic heterocycles. The Balaban J connectivity index is 0.000000655. The van der Waals surface area contributed by atoms with E-state index in [0.717, 1.165) is 71.8 Å². The van der Waals surface area contributed by atoms with Crippen LogP contribution in [0.3, 0.4) is 0 Å². The third-order valence-electron chi connectivity index (χ3n) is 17.8. The minimum absolute atomic E-state index is 0. The molecule has 2 nitrogen and oxygen atoms in total. The van der Waals surface area contributed by atoms with Crippen molar-refractivity contribution in [3.05, 3.63) is 108 Å². The molecule has 3 unspecified atom stereocenters. The molecule has 8 aliphatic carbocycles. The molecule has 320 valence electrons. The third-order valence-corrected chi connectivity index (χ3v) is 22.9. The summed E-state index contributed by atoms with van der Waals surface area (Å²) >= 11 is 0. The van der Waals surface area contributed by atoms with Crippen LogP contribution in [0.4, 0.5) is 0 Å². The van der Waals surface area contributed by atoms with Crippen LogP contribution in [-0.4, -0.2) is 37.5 Å². The minimum Gasteiger partial charge on any atom is -0.748 e. The number of hydrogen-bond acceptors (Lipinski definition) is 2. The van der Waals surface area contributed by atoms with Crippen molar-refractivity contribution >= 4 is 17.2 Å². The molecular weight excluding hydrogens is 794 g/mol. The molecule has 0 aromatic heterocycles. The zero-order valence-electron chi connectivity index (χ0n) is 35.5. The summed E-state index contributed by atoms with van der Waals surface area (Å²) in [7, 11) is 3.59. The SMILES string of the molecule is PC([c-]1cc(-c2ccccc2)c(-c2ccccc2)c1CP(C1C2CC3CC(C2)CC1C3)C1C2CC3CC(C2)CC1C3)(C1CCCNC1)C1CCCNC1.[Fe].[cH-]1[cH-][cH-][cH-][cH-]1. The first kappa shape index (κ1) is 41.4. The molecule has 8 bridgehead atoms. The molecule has 10 aliphatic rings. The van der Waals surface area contributed by atoms with Gasteiger partial charge in [-0.15, -0.1) is 14.8 Å². The Morgan fingerprint density at radius 3 is 1.42 bits per heavy atom. The minimum atomic E-state index is -0.138. The van der Waals surface area contributed by atoms with E-state index in [4.69, 9.17) is 0 Å². The molecule has 0 amide bonds. The van der Waals surface area contributed by atoms with Crippen LogP contribution in [0.5, 0.6) is 0 Å². The molecule has 59 heavy (non-hydrogen) atoms. The van der Waals surface area contributed by atoms with Gasteiger partial charge in [-0.3, -0.25) is 0 Å². The summed E-state index contributed by atoms with van der Waals surface area (Å²) in [5.74, 6) is 9.60. The summed E-state index contributed by atoms with van der Waals surface area (Å²) in [6, 6.07) is 36.3. The molecule has 10 fully saturated rings. The van der Waals surface area contributed by atoms with Crippen molar-refractivity contribution in [2.24, 2.45) is 59.2 Å². The van der Waals surface area contributed by atoms with Crippen molar-refractivity contribution in [1.82, 2.24) is 10.6 Å². The quantitative estimate of drug-likeness (QED) is 0.0995. The topological polar surface area (TPSA) is 24.1 Å². The van der Waals surface area contributed by atoms with Gasteiger partial charge in [-0.2, -0.15) is 22.8 Å². The Hall–Kier alpha value is -1.56. The van der Waals surface area contributed by atoms with E-state index in [1.807, 2.05) is 35.9 Å². The number of nitrogens with one attached hydrogen (secondary N) is 2. The predicted molar refractivity (Wildman–Crippen MR) is 250 cm³/mol. The van der Waals surface area contributed by atoms with Gasteiger partial charge in [0.15, 0.2) is 0 Å². The fourth-order valence-electron chi connectivity index (χ4n) is 16.0. The zero-order chi connectivity index (χ0) is 38.6. The first-order valence-electron chi connectivity index (χ1n) is 24.2. The zero-order valence-corrected chi connectivity index (χ0v) is 38.6. The van der Waals surface area contributed by atoms with E-state index in [9.17, 15) is 0 Å². The summed E-state index contributed by atoms with van der Waals surface area (Å²) in [5, 5.41) is 7.95. The summed E-state index contributed by atoms with van der Waals surface area (Å²) in [4.78, 5) is 0. The van der Waals surface area contributed by atoms with E-state index >= 15 is 0 Å². The summed E-state index contributed by atoms with van der Waals surface area (Å²) in [6.45, 7) is 4.68. The van der Waals surface area contributed by atoms with Gasteiger partial charge in [-0.05, 0) is 198 Å². The maximum absolute atomic E-state index is 3.94. The summed E-state index contributed by atoms with van der Waals surface area (Å²) in [5.41, 5.74) is 11.6. The van der Waals surface area contributed by atoms with Crippen molar-refractivity contribution in [2.45, 2.75) is 113 Å². The van der Waals surface area contributed by atoms with E-state index in [1.165, 1.54) is 61.6 Å². The van der Waals surface area contributed by atoms with Gasteiger partial charge in [-0.1, -0.05) is 79.7 Å². The fraction of sp³-hybridized carbons (Fsp3) is 0.593. The average molecular weight is 865 g/mol. The Labute approximate surface area is 371 Å². The van der Waals surface area contributed by atoms with Gasteiger partial charge >= 0.3 is 0 Å². The van der Waals surface area contributed by atoms with Crippen LogP contribution >= 0.6 is 17.2 Å². The van der Waals surface area contributed by atoms with Gasteiger partial charge in [0, 0.05) is 17.1 Å². The Morgan fingerprint density at radius 2 is 1.02 bits per heavy atom. The first-order valence-corrected chi connectivity index (χ1v) is 26.4. The standard InChI is InChI=1S/C49H65N2P2.C5H5.Fe/c52-49(41-13-7-15-50-28-41,42-14-8-16-51-29-42)45-27-43(35-9-3-1-4-10-35)46(36-11-5-2-6-12-36)44(45)30-53(47-37-19-31-17-32(21-37)22-38(47)20-31)48-39-23-33-18-34(25-39)26-40(48)24-33;1-2-4-5-3-1;/h1-6,9-12,27,31-34,37-42,47-48,50-51H,7-8,13-26,28-30,52H2;1-5H;/q-1;-5;. The van der Waals surface area contributed by atoms with Crippen LogP contribution < -0.4 is 10.6 Å². The maximum Gasteiger partial charge on any atom is 0 e. The van der Waals surface area contributed by atoms with Crippen molar-refractivity contribution in [3.63, 3.8) is 0 Å². The average Bonchev–Trinajstić information content (AvgIpc) is 3.97. The largest absolute Gasteiger partial charge is 0.748 e. The second-order valence-corrected chi connectivity index (χ2v) is 24.5. The normalized spacial score (nSPS) is 36.9. The second kappa shape index (κ2) is 17.9. The Kier molecular flexibility index (Phi) is 12.6. The molecule has 4 aromatic rings. The molecule has 8 saturated carbocycles. The van der Waals surface area contributed by atoms with E-state index < -0.39 is 0 Å². The van der Waals surface area contributed by atoms with Gasteiger partial charge in [-0.25, -0.2) is 0 Å². The van der Waals surface area contributed by atoms with E-state index in [0.29, 0.717) is 11.8 Å². The predicted octanol–water partition coefficient (Wildman–Crippen LogP) is 12.8. The molecule has 2 heterocycles. The van der Waals surface area contributed by atoms with Gasteiger partial charge in [0.1, 0.15) is 0 Å². The maximum atomic E-state index is 3.94. The molecule has 4 aromatic carbocycles. The van der Waals surface area contributed by atoms with Gasteiger partial charge in [0.05, 0.1) is 0 Å². The van der Waals surface area contributed by atoms with Crippen molar-refractivity contribution in [1.29, 1.82) is 0 Å².